The fourth-order valence-corrected chi connectivity index (χ4v) is 3.80. The van der Waals surface area contributed by atoms with Crippen LogP contribution in [0.25, 0.3) is 0 Å². The molecule has 0 bridgehead atoms. The van der Waals surface area contributed by atoms with Crippen LogP contribution in [0.2, 0.25) is 0 Å². The predicted octanol–water partition coefficient (Wildman–Crippen LogP) is 2.30. The molecule has 1 N–H and O–H groups in total. The molecule has 1 aliphatic heterocycles. The number of nitrogens with zero attached hydrogens (tertiary/aromatic N) is 2. The lowest BCUT2D eigenvalue weighted by molar-refractivity contribution is 0.0153. The fraction of sp³-hybridized carbons (Fsp3) is 0.938. The maximum atomic E-state index is 9.65. The normalized spacial score (nSPS) is 32.5. The highest BCUT2D eigenvalue weighted by Gasteiger charge is 2.39. The number of hydrogen-bond acceptors (Lipinski definition) is 4. The zero-order valence-corrected chi connectivity index (χ0v) is 13.2. The molecule has 2 atom stereocenters. The molecule has 0 aromatic rings. The SMILES string of the molecule is CC(C)NC1(C#N)CCCC(N(C)C2CCOCC2)C1. The van der Waals surface area contributed by atoms with E-state index in [0.717, 1.165) is 45.3 Å². The smallest absolute Gasteiger partial charge is 0.108 e. The Morgan fingerprint density at radius 3 is 2.55 bits per heavy atom. The average Bonchev–Trinajstić information content (AvgIpc) is 2.47. The van der Waals surface area contributed by atoms with Crippen LogP contribution in [0.15, 0.2) is 0 Å². The van der Waals surface area contributed by atoms with Crippen molar-refractivity contribution in [3.8, 4) is 6.07 Å². The highest BCUT2D eigenvalue weighted by Crippen LogP contribution is 2.32. The lowest BCUT2D eigenvalue weighted by atomic mass is 9.78. The molecular formula is C16H29N3O. The van der Waals surface area contributed by atoms with Gasteiger partial charge in [-0.3, -0.25) is 5.32 Å². The van der Waals surface area contributed by atoms with Gasteiger partial charge in [0.1, 0.15) is 5.54 Å². The third-order valence-electron chi connectivity index (χ3n) is 4.85. The molecule has 1 saturated carbocycles. The maximum absolute atomic E-state index is 9.65. The first-order chi connectivity index (χ1) is 9.56. The average molecular weight is 279 g/mol. The lowest BCUT2D eigenvalue weighted by Crippen LogP contribution is -2.55. The summed E-state index contributed by atoms with van der Waals surface area (Å²) in [5.74, 6) is 0. The van der Waals surface area contributed by atoms with Crippen LogP contribution >= 0.6 is 0 Å². The van der Waals surface area contributed by atoms with E-state index in [1.807, 2.05) is 0 Å². The first-order valence-electron chi connectivity index (χ1n) is 8.05. The second-order valence-corrected chi connectivity index (χ2v) is 6.75. The summed E-state index contributed by atoms with van der Waals surface area (Å²) in [6.07, 6.45) is 6.56. The van der Waals surface area contributed by atoms with Crippen molar-refractivity contribution in [2.75, 3.05) is 20.3 Å². The van der Waals surface area contributed by atoms with Gasteiger partial charge in [-0.25, -0.2) is 0 Å². The van der Waals surface area contributed by atoms with Crippen LogP contribution in [-0.2, 0) is 4.74 Å². The molecule has 20 heavy (non-hydrogen) atoms. The molecule has 2 fully saturated rings. The van der Waals surface area contributed by atoms with E-state index in [1.165, 1.54) is 6.42 Å². The Morgan fingerprint density at radius 2 is 1.95 bits per heavy atom. The van der Waals surface area contributed by atoms with Gasteiger partial charge in [-0.05, 0) is 59.4 Å². The molecule has 0 aromatic heterocycles. The number of ether oxygens (including phenoxy) is 1. The Balaban J connectivity index is 1.99. The number of nitrogens with one attached hydrogen (secondary N) is 1. The molecule has 2 unspecified atom stereocenters. The van der Waals surface area contributed by atoms with Crippen molar-refractivity contribution in [2.24, 2.45) is 0 Å². The van der Waals surface area contributed by atoms with E-state index in [0.29, 0.717) is 18.1 Å². The Bertz CT molecular complexity index is 346. The monoisotopic (exact) mass is 279 g/mol. The molecule has 4 nitrogen and oxygen atoms in total. The quantitative estimate of drug-likeness (QED) is 0.858. The zero-order chi connectivity index (χ0) is 14.6. The van der Waals surface area contributed by atoms with Crippen molar-refractivity contribution < 1.29 is 4.74 Å². The van der Waals surface area contributed by atoms with Gasteiger partial charge in [0.25, 0.3) is 0 Å². The molecular weight excluding hydrogens is 250 g/mol. The molecule has 1 saturated heterocycles. The molecule has 4 heteroatoms. The summed E-state index contributed by atoms with van der Waals surface area (Å²) in [6.45, 7) is 6.03. The van der Waals surface area contributed by atoms with Gasteiger partial charge in [-0.2, -0.15) is 5.26 Å². The Morgan fingerprint density at radius 1 is 1.25 bits per heavy atom. The van der Waals surface area contributed by atoms with Gasteiger partial charge in [0, 0.05) is 31.3 Å². The van der Waals surface area contributed by atoms with Gasteiger partial charge in [-0.15, -0.1) is 0 Å². The maximum Gasteiger partial charge on any atom is 0.108 e. The van der Waals surface area contributed by atoms with E-state index < -0.39 is 0 Å². The summed E-state index contributed by atoms with van der Waals surface area (Å²) in [4.78, 5) is 2.52. The third kappa shape index (κ3) is 3.72. The molecule has 1 aliphatic carbocycles. The molecule has 0 aromatic carbocycles. The zero-order valence-electron chi connectivity index (χ0n) is 13.2. The molecule has 2 aliphatic rings. The molecule has 0 amide bonds. The summed E-state index contributed by atoms with van der Waals surface area (Å²) in [5.41, 5.74) is -0.323. The van der Waals surface area contributed by atoms with Crippen LogP contribution in [0.4, 0.5) is 0 Å². The van der Waals surface area contributed by atoms with Crippen molar-refractivity contribution in [1.29, 1.82) is 5.26 Å². The van der Waals surface area contributed by atoms with E-state index in [-0.39, 0.29) is 5.54 Å². The highest BCUT2D eigenvalue weighted by atomic mass is 16.5. The van der Waals surface area contributed by atoms with Crippen molar-refractivity contribution in [3.63, 3.8) is 0 Å². The van der Waals surface area contributed by atoms with Crippen LogP contribution in [0, 0.1) is 11.3 Å². The van der Waals surface area contributed by atoms with Gasteiger partial charge in [0.2, 0.25) is 0 Å². The minimum Gasteiger partial charge on any atom is -0.381 e. The molecule has 0 spiro atoms. The first-order valence-corrected chi connectivity index (χ1v) is 8.05. The van der Waals surface area contributed by atoms with Crippen LogP contribution in [0.3, 0.4) is 0 Å². The lowest BCUT2D eigenvalue weighted by Gasteiger charge is -2.44. The van der Waals surface area contributed by atoms with Gasteiger partial charge in [0.15, 0.2) is 0 Å². The van der Waals surface area contributed by atoms with E-state index in [9.17, 15) is 5.26 Å². The molecule has 114 valence electrons. The standard InChI is InChI=1S/C16H29N3O/c1-13(2)18-16(12-17)8-4-5-15(11-16)19(3)14-6-9-20-10-7-14/h13-15,18H,4-11H2,1-3H3. The minimum atomic E-state index is -0.323. The minimum absolute atomic E-state index is 0.323. The van der Waals surface area contributed by atoms with Gasteiger partial charge >= 0.3 is 0 Å². The van der Waals surface area contributed by atoms with E-state index in [4.69, 9.17) is 4.74 Å². The fourth-order valence-electron chi connectivity index (χ4n) is 3.80. The van der Waals surface area contributed by atoms with Crippen molar-refractivity contribution in [2.45, 2.75) is 76.0 Å². The van der Waals surface area contributed by atoms with Gasteiger partial charge in [-0.1, -0.05) is 0 Å². The van der Waals surface area contributed by atoms with Crippen LogP contribution in [0.1, 0.15) is 52.4 Å². The van der Waals surface area contributed by atoms with E-state index in [1.54, 1.807) is 0 Å². The highest BCUT2D eigenvalue weighted by molar-refractivity contribution is 5.11. The van der Waals surface area contributed by atoms with Crippen LogP contribution < -0.4 is 5.32 Å². The Labute approximate surface area is 123 Å². The number of rotatable bonds is 4. The van der Waals surface area contributed by atoms with Crippen LogP contribution in [0.5, 0.6) is 0 Å². The summed E-state index contributed by atoms with van der Waals surface area (Å²) in [6, 6.07) is 4.09. The van der Waals surface area contributed by atoms with E-state index >= 15 is 0 Å². The first kappa shape index (κ1) is 15.8. The predicted molar refractivity (Wildman–Crippen MR) is 80.5 cm³/mol. The Hall–Kier alpha value is -0.630. The van der Waals surface area contributed by atoms with Gasteiger partial charge in [0.05, 0.1) is 6.07 Å². The number of nitriles is 1. The molecule has 0 radical (unpaired) electrons. The second kappa shape index (κ2) is 6.89. The number of hydrogen-bond donors (Lipinski definition) is 1. The van der Waals surface area contributed by atoms with Gasteiger partial charge < -0.3 is 9.64 Å². The topological polar surface area (TPSA) is 48.3 Å². The second-order valence-electron chi connectivity index (χ2n) is 6.75. The van der Waals surface area contributed by atoms with Crippen molar-refractivity contribution in [3.05, 3.63) is 0 Å². The Kier molecular flexibility index (Phi) is 5.42. The van der Waals surface area contributed by atoms with Crippen LogP contribution in [-0.4, -0.2) is 48.8 Å². The van der Waals surface area contributed by atoms with Crippen molar-refractivity contribution in [1.82, 2.24) is 10.2 Å². The summed E-state index contributed by atoms with van der Waals surface area (Å²) in [5, 5.41) is 13.2. The van der Waals surface area contributed by atoms with Crippen molar-refractivity contribution >= 4 is 0 Å². The summed E-state index contributed by atoms with van der Waals surface area (Å²) >= 11 is 0. The summed E-state index contributed by atoms with van der Waals surface area (Å²) < 4.78 is 5.46. The molecule has 2 rings (SSSR count). The largest absolute Gasteiger partial charge is 0.381 e. The van der Waals surface area contributed by atoms with E-state index in [2.05, 4.69) is 37.2 Å². The summed E-state index contributed by atoms with van der Waals surface area (Å²) in [7, 11) is 2.24. The molecule has 1 heterocycles. The third-order valence-corrected chi connectivity index (χ3v) is 4.85.